The molecule has 6 aliphatic carbocycles. The van der Waals surface area contributed by atoms with Crippen LogP contribution < -0.4 is 9.80 Å². The maximum atomic E-state index is 2.53. The van der Waals surface area contributed by atoms with Crippen LogP contribution in [0.5, 0.6) is 0 Å². The first kappa shape index (κ1) is 64.9. The van der Waals surface area contributed by atoms with Gasteiger partial charge in [-0.25, -0.2) is 0 Å². The second-order valence-corrected chi connectivity index (χ2v) is 35.5. The van der Waals surface area contributed by atoms with Crippen molar-refractivity contribution >= 4 is 55.7 Å². The molecule has 4 nitrogen and oxygen atoms in total. The fourth-order valence-corrected chi connectivity index (χ4v) is 21.2. The van der Waals surface area contributed by atoms with Crippen LogP contribution in [-0.4, -0.2) is 9.13 Å². The summed E-state index contributed by atoms with van der Waals surface area (Å²) in [6.45, 7) is 28.8. The van der Waals surface area contributed by atoms with Crippen LogP contribution in [0.4, 0.5) is 34.1 Å². The van der Waals surface area contributed by atoms with Crippen LogP contribution in [0.1, 0.15) is 150 Å². The molecule has 0 saturated carbocycles. The van der Waals surface area contributed by atoms with E-state index in [0.717, 1.165) is 22.7 Å². The minimum absolute atomic E-state index is 0.138. The molecule has 6 aliphatic rings. The van der Waals surface area contributed by atoms with E-state index in [1.54, 1.807) is 0 Å². The van der Waals surface area contributed by atoms with E-state index in [2.05, 4.69) is 406 Å². The molecule has 110 heavy (non-hydrogen) atoms. The Morgan fingerprint density at radius 3 is 0.655 bits per heavy atom. The highest BCUT2D eigenvalue weighted by atomic mass is 15.2. The normalized spacial score (nSPS) is 16.1. The SMILES string of the molecule is CC1(C)c2ccccc2-c2ccc(N(c3ccc4c(c3)C(C)(C)c3ccccc3-4)c3ccc4c(c3)C(C)(C)c3cc(-n5cc6ccc(-c7ccc8cn(-c9ccc%10c(c9)C(C)(C)c9cc(N(c%11ccc%12c(c%11)C(C)(C)c%11ccccc%11-%12)c%11ccc%12c(c%11)C(C)(C)c%11ccccc%11-%12)ccc9-%10)cc8c7)cc6c5)ccc3-4)cc21. The van der Waals surface area contributed by atoms with Gasteiger partial charge in [-0.3, -0.25) is 0 Å². The molecule has 0 radical (unpaired) electrons. The van der Waals surface area contributed by atoms with Gasteiger partial charge in [-0.1, -0.05) is 253 Å². The van der Waals surface area contributed by atoms with Crippen LogP contribution in [-0.2, 0) is 32.5 Å². The molecule has 2 aromatic heterocycles. The van der Waals surface area contributed by atoms with Gasteiger partial charge in [0, 0.05) is 114 Å². The molecule has 0 aliphatic heterocycles. The Morgan fingerprint density at radius 2 is 0.391 bits per heavy atom. The highest BCUT2D eigenvalue weighted by Gasteiger charge is 2.43. The monoisotopic (exact) mass is 1410 g/mol. The zero-order chi connectivity index (χ0) is 74.6. The molecule has 2 heterocycles. The predicted octanol–water partition coefficient (Wildman–Crippen LogP) is 28.0. The van der Waals surface area contributed by atoms with E-state index in [9.17, 15) is 0 Å². The van der Waals surface area contributed by atoms with Gasteiger partial charge in [0.25, 0.3) is 0 Å². The number of fused-ring (bicyclic) bond motifs is 20. The summed E-state index contributed by atoms with van der Waals surface area (Å²) in [6.07, 6.45) is 9.24. The van der Waals surface area contributed by atoms with Crippen LogP contribution in [0.25, 0.3) is 111 Å². The average Bonchev–Trinajstić information content (AvgIpc) is 1.57. The van der Waals surface area contributed by atoms with Crippen molar-refractivity contribution in [3.63, 3.8) is 0 Å². The predicted molar refractivity (Wildman–Crippen MR) is 460 cm³/mol. The van der Waals surface area contributed by atoms with Crippen molar-refractivity contribution in [1.82, 2.24) is 9.13 Å². The fourth-order valence-electron chi connectivity index (χ4n) is 21.2. The third kappa shape index (κ3) is 8.96. The van der Waals surface area contributed by atoms with E-state index in [1.165, 1.54) is 189 Å². The highest BCUT2D eigenvalue weighted by Crippen LogP contribution is 2.59. The molecule has 22 rings (SSSR count). The largest absolute Gasteiger partial charge is 0.323 e. The van der Waals surface area contributed by atoms with Crippen molar-refractivity contribution in [2.45, 2.75) is 116 Å². The summed E-state index contributed by atoms with van der Waals surface area (Å²) < 4.78 is 4.67. The standard InChI is InChI=1S/C106H86N4/c1-101(2)89-25-17-13-21-77(89)81-43-35-71(53-95(81)101)109(72-36-44-82-78-22-14-18-26-90(78)102(3,4)96(82)54-72)75-39-47-87-85-41-33-69(51-93(85)105(9,10)99(87)57-75)107-59-65-31-29-63(49-67(65)61-107)64-30-32-66-60-108(62-68(66)50-64)70-34-42-86-88-48-40-76(58-100(88)106(11,12)94(86)52-70)110(73-37-45-83-79-23-15-19-27-91(79)103(5,6)97(83)55-73)74-38-46-84-80-24-16-20-28-92(80)104(7,8)98(84)56-74/h13-62H,1-12H3. The van der Waals surface area contributed by atoms with E-state index in [-0.39, 0.29) is 32.5 Å². The third-order valence-electron chi connectivity index (χ3n) is 27.3. The summed E-state index contributed by atoms with van der Waals surface area (Å²) in [5.74, 6) is 0. The van der Waals surface area contributed by atoms with Crippen LogP contribution in [0.3, 0.4) is 0 Å². The van der Waals surface area contributed by atoms with E-state index in [0.29, 0.717) is 0 Å². The molecule has 0 unspecified atom stereocenters. The lowest BCUT2D eigenvalue weighted by atomic mass is 9.81. The maximum absolute atomic E-state index is 2.53. The maximum Gasteiger partial charge on any atom is 0.0465 e. The first-order valence-electron chi connectivity index (χ1n) is 39.4. The Hall–Kier alpha value is -12.2. The summed E-state index contributed by atoms with van der Waals surface area (Å²) in [4.78, 5) is 5.05. The summed E-state index contributed by atoms with van der Waals surface area (Å²) in [5.41, 5.74) is 42.9. The van der Waals surface area contributed by atoms with Gasteiger partial charge in [0.15, 0.2) is 0 Å². The first-order chi connectivity index (χ1) is 53.0. The number of nitrogens with zero attached hydrogens (tertiary/aromatic N) is 4. The third-order valence-corrected chi connectivity index (χ3v) is 27.3. The summed E-state index contributed by atoms with van der Waals surface area (Å²) in [7, 11) is 0. The molecule has 0 bridgehead atoms. The molecule has 0 N–H and O–H groups in total. The van der Waals surface area contributed by atoms with Crippen LogP contribution in [0.15, 0.2) is 304 Å². The quantitative estimate of drug-likeness (QED) is 0.143. The minimum Gasteiger partial charge on any atom is -0.323 e. The Bertz CT molecular complexity index is 6130. The lowest BCUT2D eigenvalue weighted by Crippen LogP contribution is -2.19. The van der Waals surface area contributed by atoms with E-state index >= 15 is 0 Å². The molecule has 16 aromatic rings. The smallest absolute Gasteiger partial charge is 0.0465 e. The lowest BCUT2D eigenvalue weighted by Gasteiger charge is -2.31. The summed E-state index contributed by atoms with van der Waals surface area (Å²) in [5, 5.41) is 4.85. The van der Waals surface area contributed by atoms with Crippen molar-refractivity contribution in [2.75, 3.05) is 9.80 Å². The summed E-state index contributed by atoms with van der Waals surface area (Å²) >= 11 is 0. The van der Waals surface area contributed by atoms with Gasteiger partial charge in [-0.15, -0.1) is 0 Å². The van der Waals surface area contributed by atoms with Crippen LogP contribution >= 0.6 is 0 Å². The van der Waals surface area contributed by atoms with Gasteiger partial charge in [-0.2, -0.15) is 0 Å². The van der Waals surface area contributed by atoms with Gasteiger partial charge >= 0.3 is 0 Å². The van der Waals surface area contributed by atoms with Crippen molar-refractivity contribution < 1.29 is 0 Å². The number of rotatable bonds is 9. The number of hydrogen-bond donors (Lipinski definition) is 0. The van der Waals surface area contributed by atoms with E-state index in [4.69, 9.17) is 0 Å². The van der Waals surface area contributed by atoms with Crippen molar-refractivity contribution in [2.24, 2.45) is 0 Å². The van der Waals surface area contributed by atoms with Gasteiger partial charge in [0.05, 0.1) is 0 Å². The molecule has 14 aromatic carbocycles. The molecular weight excluding hydrogens is 1330 g/mol. The van der Waals surface area contributed by atoms with Gasteiger partial charge in [-0.05, 0) is 265 Å². The zero-order valence-corrected chi connectivity index (χ0v) is 64.7. The minimum atomic E-state index is -0.271. The van der Waals surface area contributed by atoms with E-state index < -0.39 is 0 Å². The lowest BCUT2D eigenvalue weighted by molar-refractivity contribution is 0.658. The second kappa shape index (κ2) is 22.2. The number of benzene rings is 14. The Balaban J connectivity index is 0.553. The number of anilines is 6. The summed E-state index contributed by atoms with van der Waals surface area (Å²) in [6, 6.07) is 107. The molecule has 530 valence electrons. The second-order valence-electron chi connectivity index (χ2n) is 35.5. The molecule has 0 atom stereocenters. The molecular formula is C106H86N4. The highest BCUT2D eigenvalue weighted by molar-refractivity contribution is 5.96. The molecule has 0 spiro atoms. The van der Waals surface area contributed by atoms with Crippen LogP contribution in [0, 0.1) is 0 Å². The zero-order valence-electron chi connectivity index (χ0n) is 64.7. The Morgan fingerprint density at radius 1 is 0.182 bits per heavy atom. The molecule has 0 saturated heterocycles. The van der Waals surface area contributed by atoms with Gasteiger partial charge < -0.3 is 18.9 Å². The molecule has 0 fully saturated rings. The van der Waals surface area contributed by atoms with Crippen molar-refractivity contribution in [3.8, 4) is 89.3 Å². The van der Waals surface area contributed by atoms with E-state index in [1.807, 2.05) is 0 Å². The first-order valence-corrected chi connectivity index (χ1v) is 39.4. The average molecular weight is 1420 g/mol. The Labute approximate surface area is 645 Å². The van der Waals surface area contributed by atoms with Crippen LogP contribution in [0.2, 0.25) is 0 Å². The van der Waals surface area contributed by atoms with Gasteiger partial charge in [0.1, 0.15) is 0 Å². The number of hydrogen-bond acceptors (Lipinski definition) is 2. The van der Waals surface area contributed by atoms with Crippen molar-refractivity contribution in [3.05, 3.63) is 371 Å². The van der Waals surface area contributed by atoms with Crippen molar-refractivity contribution in [1.29, 1.82) is 0 Å². The molecule has 4 heteroatoms. The Kier molecular flexibility index (Phi) is 13.1. The van der Waals surface area contributed by atoms with Gasteiger partial charge in [0.2, 0.25) is 0 Å². The fraction of sp³-hybridized carbons (Fsp3) is 0.170. The number of aromatic nitrogens is 2. The topological polar surface area (TPSA) is 16.3 Å². The molecule has 0 amide bonds.